The molecule has 23 heavy (non-hydrogen) atoms. The number of fused-ring (bicyclic) bond motifs is 1. The minimum atomic E-state index is -0.184. The third-order valence-electron chi connectivity index (χ3n) is 3.29. The fraction of sp³-hybridized carbons (Fsp3) is 0.118. The highest BCUT2D eigenvalue weighted by Gasteiger charge is 2.04. The van der Waals surface area contributed by atoms with Gasteiger partial charge in [-0.1, -0.05) is 12.1 Å². The third kappa shape index (κ3) is 3.74. The van der Waals surface area contributed by atoms with Crippen LogP contribution in [0.2, 0.25) is 0 Å². The van der Waals surface area contributed by atoms with Gasteiger partial charge in [0, 0.05) is 18.7 Å². The van der Waals surface area contributed by atoms with Crippen LogP contribution in [0.1, 0.15) is 10.4 Å². The van der Waals surface area contributed by atoms with E-state index in [2.05, 4.69) is 20.6 Å². The molecule has 6 heteroatoms. The lowest BCUT2D eigenvalue weighted by atomic mass is 10.2. The summed E-state index contributed by atoms with van der Waals surface area (Å²) in [4.78, 5) is 20.7. The van der Waals surface area contributed by atoms with Crippen molar-refractivity contribution >= 4 is 22.8 Å². The fourth-order valence-electron chi connectivity index (χ4n) is 2.12. The van der Waals surface area contributed by atoms with Gasteiger partial charge in [-0.2, -0.15) is 0 Å². The molecule has 0 radical (unpaired) electrons. The Morgan fingerprint density at radius 2 is 1.74 bits per heavy atom. The van der Waals surface area contributed by atoms with Gasteiger partial charge < -0.3 is 15.7 Å². The van der Waals surface area contributed by atoms with Crippen LogP contribution in [0, 0.1) is 0 Å². The zero-order valence-corrected chi connectivity index (χ0v) is 12.4. The number of carbonyl (C=O) groups excluding carboxylic acids is 1. The topological polar surface area (TPSA) is 87.1 Å². The van der Waals surface area contributed by atoms with Crippen LogP contribution in [0.25, 0.3) is 11.0 Å². The van der Waals surface area contributed by atoms with Gasteiger partial charge >= 0.3 is 0 Å². The molecular weight excluding hydrogens is 292 g/mol. The Kier molecular flexibility index (Phi) is 4.33. The van der Waals surface area contributed by atoms with Gasteiger partial charge in [0.2, 0.25) is 0 Å². The van der Waals surface area contributed by atoms with Crippen LogP contribution < -0.4 is 10.6 Å². The van der Waals surface area contributed by atoms with E-state index in [9.17, 15) is 9.90 Å². The molecule has 0 atom stereocenters. The number of aromatic hydroxyl groups is 1. The number of phenols is 1. The number of amides is 1. The molecule has 3 rings (SSSR count). The summed E-state index contributed by atoms with van der Waals surface area (Å²) < 4.78 is 0. The second kappa shape index (κ2) is 6.74. The van der Waals surface area contributed by atoms with E-state index in [0.29, 0.717) is 24.5 Å². The molecule has 0 bridgehead atoms. The third-order valence-corrected chi connectivity index (χ3v) is 3.29. The average molecular weight is 308 g/mol. The van der Waals surface area contributed by atoms with Gasteiger partial charge in [-0.15, -0.1) is 0 Å². The number of rotatable bonds is 5. The molecule has 0 unspecified atom stereocenters. The van der Waals surface area contributed by atoms with Crippen LogP contribution in [0.5, 0.6) is 5.75 Å². The molecule has 116 valence electrons. The van der Waals surface area contributed by atoms with Crippen molar-refractivity contribution in [3.05, 3.63) is 60.3 Å². The van der Waals surface area contributed by atoms with Crippen molar-refractivity contribution in [3.8, 4) is 5.75 Å². The van der Waals surface area contributed by atoms with Crippen LogP contribution in [-0.2, 0) is 0 Å². The Bertz CT molecular complexity index is 818. The van der Waals surface area contributed by atoms with Crippen molar-refractivity contribution in [1.82, 2.24) is 15.3 Å². The maximum absolute atomic E-state index is 11.9. The average Bonchev–Trinajstić information content (AvgIpc) is 2.59. The summed E-state index contributed by atoms with van der Waals surface area (Å²) in [7, 11) is 0. The van der Waals surface area contributed by atoms with Gasteiger partial charge in [-0.3, -0.25) is 9.78 Å². The van der Waals surface area contributed by atoms with Crippen LogP contribution in [0.3, 0.4) is 0 Å². The summed E-state index contributed by atoms with van der Waals surface area (Å²) in [6, 6.07) is 13.8. The quantitative estimate of drug-likeness (QED) is 0.629. The summed E-state index contributed by atoms with van der Waals surface area (Å²) in [5, 5.41) is 15.1. The second-order valence-corrected chi connectivity index (χ2v) is 4.97. The van der Waals surface area contributed by atoms with E-state index in [4.69, 9.17) is 0 Å². The van der Waals surface area contributed by atoms with Crippen LogP contribution in [-0.4, -0.2) is 34.1 Å². The van der Waals surface area contributed by atoms with Crippen molar-refractivity contribution in [2.24, 2.45) is 0 Å². The van der Waals surface area contributed by atoms with Crippen molar-refractivity contribution in [1.29, 1.82) is 0 Å². The predicted molar refractivity (Wildman–Crippen MR) is 88.5 cm³/mol. The molecule has 0 aliphatic rings. The lowest BCUT2D eigenvalue weighted by Gasteiger charge is -2.08. The lowest BCUT2D eigenvalue weighted by molar-refractivity contribution is 0.0955. The van der Waals surface area contributed by atoms with E-state index in [1.807, 2.05) is 24.3 Å². The molecular formula is C17H16N4O2. The molecule has 0 spiro atoms. The summed E-state index contributed by atoms with van der Waals surface area (Å²) in [6.07, 6.45) is 1.67. The van der Waals surface area contributed by atoms with Crippen molar-refractivity contribution in [3.63, 3.8) is 0 Å². The Balaban J connectivity index is 1.50. The van der Waals surface area contributed by atoms with E-state index in [1.54, 1.807) is 18.3 Å². The number of nitrogens with zero attached hydrogens (tertiary/aromatic N) is 2. The Hall–Kier alpha value is -3.15. The molecule has 0 fully saturated rings. The van der Waals surface area contributed by atoms with Gasteiger partial charge in [-0.25, -0.2) is 4.98 Å². The summed E-state index contributed by atoms with van der Waals surface area (Å²) in [6.45, 7) is 0.991. The molecule has 1 amide bonds. The number of phenolic OH excluding ortho intramolecular Hbond substituents is 1. The van der Waals surface area contributed by atoms with Gasteiger partial charge in [0.25, 0.3) is 5.91 Å². The zero-order valence-electron chi connectivity index (χ0n) is 12.4. The number of para-hydroxylation sites is 2. The Morgan fingerprint density at radius 1 is 1.00 bits per heavy atom. The fourth-order valence-corrected chi connectivity index (χ4v) is 2.12. The molecule has 6 nitrogen and oxygen atoms in total. The first-order chi connectivity index (χ1) is 11.2. The van der Waals surface area contributed by atoms with E-state index >= 15 is 0 Å². The number of hydrogen-bond acceptors (Lipinski definition) is 5. The lowest BCUT2D eigenvalue weighted by Crippen LogP contribution is -2.28. The highest BCUT2D eigenvalue weighted by molar-refractivity contribution is 5.94. The molecule has 1 heterocycles. The molecule has 2 aromatic carbocycles. The summed E-state index contributed by atoms with van der Waals surface area (Å²) in [5.74, 6) is 0.622. The minimum Gasteiger partial charge on any atom is -0.508 e. The number of hydrogen-bond donors (Lipinski definition) is 3. The van der Waals surface area contributed by atoms with E-state index in [1.165, 1.54) is 12.1 Å². The molecule has 0 aliphatic heterocycles. The molecule has 0 saturated heterocycles. The first-order valence-corrected chi connectivity index (χ1v) is 7.25. The molecule has 3 N–H and O–H groups in total. The molecule has 0 saturated carbocycles. The highest BCUT2D eigenvalue weighted by atomic mass is 16.3. The van der Waals surface area contributed by atoms with E-state index < -0.39 is 0 Å². The minimum absolute atomic E-state index is 0.137. The monoisotopic (exact) mass is 308 g/mol. The van der Waals surface area contributed by atoms with Crippen molar-refractivity contribution in [2.45, 2.75) is 0 Å². The molecule has 3 aromatic rings. The maximum Gasteiger partial charge on any atom is 0.251 e. The van der Waals surface area contributed by atoms with Gasteiger partial charge in [0.1, 0.15) is 11.6 Å². The van der Waals surface area contributed by atoms with E-state index in [-0.39, 0.29) is 11.7 Å². The predicted octanol–water partition coefficient (Wildman–Crippen LogP) is 2.18. The number of anilines is 1. The SMILES string of the molecule is O=C(NCCNc1cnc2ccccc2n1)c1ccc(O)cc1. The van der Waals surface area contributed by atoms with Crippen molar-refractivity contribution < 1.29 is 9.90 Å². The highest BCUT2D eigenvalue weighted by Crippen LogP contribution is 2.11. The molecule has 0 aliphatic carbocycles. The standard InChI is InChI=1S/C17H16N4O2/c22-13-7-5-12(6-8-13)17(23)19-10-9-18-16-11-20-14-3-1-2-4-15(14)21-16/h1-8,11,22H,9-10H2,(H,18,21)(H,19,23). The second-order valence-electron chi connectivity index (χ2n) is 4.97. The van der Waals surface area contributed by atoms with Gasteiger partial charge in [0.15, 0.2) is 0 Å². The van der Waals surface area contributed by atoms with Crippen LogP contribution in [0.15, 0.2) is 54.7 Å². The van der Waals surface area contributed by atoms with Gasteiger partial charge in [0.05, 0.1) is 17.2 Å². The molecule has 1 aromatic heterocycles. The Morgan fingerprint density at radius 3 is 2.52 bits per heavy atom. The number of benzene rings is 2. The zero-order chi connectivity index (χ0) is 16.1. The van der Waals surface area contributed by atoms with Crippen LogP contribution in [0.4, 0.5) is 5.82 Å². The largest absolute Gasteiger partial charge is 0.508 e. The van der Waals surface area contributed by atoms with E-state index in [0.717, 1.165) is 11.0 Å². The number of carbonyl (C=O) groups is 1. The number of nitrogens with one attached hydrogen (secondary N) is 2. The maximum atomic E-state index is 11.9. The summed E-state index contributed by atoms with van der Waals surface area (Å²) in [5.41, 5.74) is 2.18. The van der Waals surface area contributed by atoms with Crippen LogP contribution >= 0.6 is 0 Å². The first kappa shape index (κ1) is 14.8. The normalized spacial score (nSPS) is 10.4. The van der Waals surface area contributed by atoms with Gasteiger partial charge in [-0.05, 0) is 36.4 Å². The smallest absolute Gasteiger partial charge is 0.251 e. The summed E-state index contributed by atoms with van der Waals surface area (Å²) >= 11 is 0. The van der Waals surface area contributed by atoms with Crippen molar-refractivity contribution in [2.75, 3.05) is 18.4 Å². The number of aromatic nitrogens is 2. The first-order valence-electron chi connectivity index (χ1n) is 7.25. The Labute approximate surface area is 133 Å².